The van der Waals surface area contributed by atoms with E-state index in [4.69, 9.17) is 5.73 Å². The maximum Gasteiger partial charge on any atom is 0.128 e. The van der Waals surface area contributed by atoms with E-state index in [1.54, 1.807) is 6.20 Å². The minimum atomic E-state index is 0.0478. The van der Waals surface area contributed by atoms with Crippen LogP contribution in [0.25, 0.3) is 0 Å². The van der Waals surface area contributed by atoms with Crippen molar-refractivity contribution in [2.75, 3.05) is 12.8 Å². The van der Waals surface area contributed by atoms with Crippen molar-refractivity contribution in [3.63, 3.8) is 0 Å². The highest BCUT2D eigenvalue weighted by atomic mass is 14.9. The Labute approximate surface area is 114 Å². The summed E-state index contributed by atoms with van der Waals surface area (Å²) in [5.74, 6) is 0.582. The molecule has 0 aliphatic carbocycles. The summed E-state index contributed by atoms with van der Waals surface area (Å²) in [6.45, 7) is 4.19. The summed E-state index contributed by atoms with van der Waals surface area (Å²) in [5.41, 5.74) is 10.7. The molecule has 0 radical (unpaired) electrons. The summed E-state index contributed by atoms with van der Waals surface area (Å²) in [4.78, 5) is 8.41. The Bertz CT molecular complexity index is 546. The summed E-state index contributed by atoms with van der Waals surface area (Å²) in [6, 6.07) is 4.08. The molecular weight excluding hydrogens is 236 g/mol. The van der Waals surface area contributed by atoms with Gasteiger partial charge in [-0.3, -0.25) is 4.98 Å². The fourth-order valence-electron chi connectivity index (χ4n) is 2.44. The number of anilines is 1. The van der Waals surface area contributed by atoms with Crippen molar-refractivity contribution >= 4 is 5.82 Å². The number of aromatic nitrogens is 2. The fraction of sp³-hybridized carbons (Fsp3) is 0.333. The van der Waals surface area contributed by atoms with Gasteiger partial charge in [-0.15, -0.1) is 0 Å². The first kappa shape index (κ1) is 13.5. The predicted octanol–water partition coefficient (Wildman–Crippen LogP) is 2.24. The maximum absolute atomic E-state index is 6.06. The average molecular weight is 256 g/mol. The van der Waals surface area contributed by atoms with E-state index in [-0.39, 0.29) is 6.04 Å². The van der Waals surface area contributed by atoms with Crippen molar-refractivity contribution in [1.82, 2.24) is 15.3 Å². The maximum atomic E-state index is 6.06. The van der Waals surface area contributed by atoms with Gasteiger partial charge in [-0.25, -0.2) is 4.98 Å². The second-order valence-electron chi connectivity index (χ2n) is 4.58. The van der Waals surface area contributed by atoms with Gasteiger partial charge >= 0.3 is 0 Å². The molecule has 0 saturated carbocycles. The van der Waals surface area contributed by atoms with Gasteiger partial charge in [-0.1, -0.05) is 6.92 Å². The number of nitrogen functional groups attached to an aromatic ring is 1. The first-order valence-corrected chi connectivity index (χ1v) is 6.50. The van der Waals surface area contributed by atoms with E-state index in [1.807, 2.05) is 31.6 Å². The molecule has 4 nitrogen and oxygen atoms in total. The van der Waals surface area contributed by atoms with Gasteiger partial charge in [0.1, 0.15) is 5.82 Å². The third-order valence-electron chi connectivity index (χ3n) is 3.45. The Balaban J connectivity index is 2.57. The minimum Gasteiger partial charge on any atom is -0.383 e. The summed E-state index contributed by atoms with van der Waals surface area (Å²) in [6.07, 6.45) is 6.43. The molecule has 0 aromatic carbocycles. The van der Waals surface area contributed by atoms with E-state index in [0.717, 1.165) is 17.5 Å². The molecule has 0 amide bonds. The van der Waals surface area contributed by atoms with Gasteiger partial charge in [0.05, 0.1) is 6.04 Å². The highest BCUT2D eigenvalue weighted by molar-refractivity contribution is 5.50. The zero-order chi connectivity index (χ0) is 13.8. The molecule has 2 heterocycles. The van der Waals surface area contributed by atoms with Crippen LogP contribution in [0.2, 0.25) is 0 Å². The van der Waals surface area contributed by atoms with E-state index < -0.39 is 0 Å². The van der Waals surface area contributed by atoms with Crippen LogP contribution in [0.5, 0.6) is 0 Å². The minimum absolute atomic E-state index is 0.0478. The predicted molar refractivity (Wildman–Crippen MR) is 77.9 cm³/mol. The van der Waals surface area contributed by atoms with Crippen LogP contribution in [-0.4, -0.2) is 17.0 Å². The van der Waals surface area contributed by atoms with E-state index in [2.05, 4.69) is 29.1 Å². The van der Waals surface area contributed by atoms with Crippen LogP contribution in [0.4, 0.5) is 5.82 Å². The Morgan fingerprint density at radius 2 is 2.11 bits per heavy atom. The molecule has 0 aliphatic rings. The van der Waals surface area contributed by atoms with Crippen LogP contribution in [0.3, 0.4) is 0 Å². The first-order chi connectivity index (χ1) is 9.19. The molecular formula is C15H20N4. The molecule has 1 unspecified atom stereocenters. The number of nitrogens with one attached hydrogen (secondary N) is 1. The third-order valence-corrected chi connectivity index (χ3v) is 3.45. The first-order valence-electron chi connectivity index (χ1n) is 6.50. The number of pyridine rings is 2. The van der Waals surface area contributed by atoms with E-state index in [1.165, 1.54) is 11.1 Å². The Kier molecular flexibility index (Phi) is 4.12. The highest BCUT2D eigenvalue weighted by Crippen LogP contribution is 2.29. The standard InChI is InChI=1S/C15H20N4/c1-4-11-9-18-7-6-12(11)14(17-3)13-10(2)5-8-19-15(13)16/h5-9,14,17H,4H2,1-3H3,(H2,16,19). The lowest BCUT2D eigenvalue weighted by molar-refractivity contribution is 0.678. The van der Waals surface area contributed by atoms with Crippen molar-refractivity contribution in [3.05, 3.63) is 53.0 Å². The summed E-state index contributed by atoms with van der Waals surface area (Å²) in [5, 5.41) is 3.34. The van der Waals surface area contributed by atoms with Gasteiger partial charge in [0.2, 0.25) is 0 Å². The molecule has 0 spiro atoms. The van der Waals surface area contributed by atoms with Gasteiger partial charge in [0, 0.05) is 24.2 Å². The van der Waals surface area contributed by atoms with Gasteiger partial charge < -0.3 is 11.1 Å². The van der Waals surface area contributed by atoms with Crippen LogP contribution in [0.1, 0.15) is 35.2 Å². The molecule has 19 heavy (non-hydrogen) atoms. The molecule has 0 fully saturated rings. The van der Waals surface area contributed by atoms with Gasteiger partial charge in [-0.05, 0) is 49.2 Å². The zero-order valence-electron chi connectivity index (χ0n) is 11.6. The molecule has 0 aliphatic heterocycles. The number of rotatable bonds is 4. The lowest BCUT2D eigenvalue weighted by atomic mass is 9.92. The second-order valence-corrected chi connectivity index (χ2v) is 4.58. The highest BCUT2D eigenvalue weighted by Gasteiger charge is 2.19. The van der Waals surface area contributed by atoms with Crippen LogP contribution in [0, 0.1) is 6.92 Å². The fourth-order valence-corrected chi connectivity index (χ4v) is 2.44. The lowest BCUT2D eigenvalue weighted by Gasteiger charge is -2.22. The smallest absolute Gasteiger partial charge is 0.128 e. The number of hydrogen-bond acceptors (Lipinski definition) is 4. The van der Waals surface area contributed by atoms with Gasteiger partial charge in [0.15, 0.2) is 0 Å². The zero-order valence-corrected chi connectivity index (χ0v) is 11.6. The summed E-state index contributed by atoms with van der Waals surface area (Å²) in [7, 11) is 1.94. The Hall–Kier alpha value is -1.94. The second kappa shape index (κ2) is 5.80. The monoisotopic (exact) mass is 256 g/mol. The molecule has 2 rings (SSSR count). The van der Waals surface area contributed by atoms with E-state index in [0.29, 0.717) is 5.82 Å². The molecule has 2 aromatic heterocycles. The Morgan fingerprint density at radius 1 is 1.32 bits per heavy atom. The molecule has 100 valence electrons. The number of hydrogen-bond donors (Lipinski definition) is 2. The molecule has 0 saturated heterocycles. The molecule has 0 bridgehead atoms. The third kappa shape index (κ3) is 2.58. The van der Waals surface area contributed by atoms with Crippen molar-refractivity contribution in [1.29, 1.82) is 0 Å². The van der Waals surface area contributed by atoms with Crippen LogP contribution < -0.4 is 11.1 Å². The SMILES string of the molecule is CCc1cnccc1C(NC)c1c(C)ccnc1N. The topological polar surface area (TPSA) is 63.8 Å². The largest absolute Gasteiger partial charge is 0.383 e. The van der Waals surface area contributed by atoms with Gasteiger partial charge in [0.25, 0.3) is 0 Å². The lowest BCUT2D eigenvalue weighted by Crippen LogP contribution is -2.22. The van der Waals surface area contributed by atoms with Crippen LogP contribution >= 0.6 is 0 Å². The summed E-state index contributed by atoms with van der Waals surface area (Å²) >= 11 is 0. The molecule has 1 atom stereocenters. The normalized spacial score (nSPS) is 12.4. The number of nitrogens with two attached hydrogens (primary N) is 1. The van der Waals surface area contributed by atoms with Crippen molar-refractivity contribution in [3.8, 4) is 0 Å². The van der Waals surface area contributed by atoms with E-state index in [9.17, 15) is 0 Å². The van der Waals surface area contributed by atoms with Crippen LogP contribution in [0.15, 0.2) is 30.7 Å². The molecule has 3 N–H and O–H groups in total. The van der Waals surface area contributed by atoms with Gasteiger partial charge in [-0.2, -0.15) is 0 Å². The van der Waals surface area contributed by atoms with Crippen molar-refractivity contribution in [2.45, 2.75) is 26.3 Å². The van der Waals surface area contributed by atoms with E-state index >= 15 is 0 Å². The number of aryl methyl sites for hydroxylation is 2. The molecule has 4 heteroatoms. The van der Waals surface area contributed by atoms with Crippen molar-refractivity contribution < 1.29 is 0 Å². The quantitative estimate of drug-likeness (QED) is 0.880. The number of nitrogens with zero attached hydrogens (tertiary/aromatic N) is 2. The van der Waals surface area contributed by atoms with Crippen LogP contribution in [-0.2, 0) is 6.42 Å². The summed E-state index contributed by atoms with van der Waals surface area (Å²) < 4.78 is 0. The van der Waals surface area contributed by atoms with Crippen molar-refractivity contribution in [2.24, 2.45) is 0 Å². The Morgan fingerprint density at radius 3 is 2.74 bits per heavy atom. The molecule has 2 aromatic rings. The average Bonchev–Trinajstić information content (AvgIpc) is 2.43.